The second-order valence-corrected chi connectivity index (χ2v) is 9.04. The topological polar surface area (TPSA) is 112 Å². The molecule has 1 atom stereocenters. The van der Waals surface area contributed by atoms with E-state index in [1.54, 1.807) is 11.6 Å². The van der Waals surface area contributed by atoms with Gasteiger partial charge in [-0.1, -0.05) is 36.4 Å². The predicted octanol–water partition coefficient (Wildman–Crippen LogP) is 2.92. The summed E-state index contributed by atoms with van der Waals surface area (Å²) in [5, 5.41) is 12.2. The summed E-state index contributed by atoms with van der Waals surface area (Å²) in [6.45, 7) is 2.00. The van der Waals surface area contributed by atoms with E-state index in [2.05, 4.69) is 20.8 Å². The smallest absolute Gasteiger partial charge is 0.342 e. The van der Waals surface area contributed by atoms with Gasteiger partial charge in [0.1, 0.15) is 0 Å². The molecule has 34 heavy (non-hydrogen) atoms. The highest BCUT2D eigenvalue weighted by Gasteiger charge is 2.36. The second kappa shape index (κ2) is 9.17. The van der Waals surface area contributed by atoms with Crippen molar-refractivity contribution in [3.8, 4) is 22.5 Å². The first kappa shape index (κ1) is 21.9. The monoisotopic (exact) mass is 460 g/mol. The van der Waals surface area contributed by atoms with E-state index in [4.69, 9.17) is 0 Å². The molecule has 9 nitrogen and oxygen atoms in total. The van der Waals surface area contributed by atoms with Gasteiger partial charge in [-0.3, -0.25) is 9.36 Å². The lowest BCUT2D eigenvalue weighted by atomic mass is 10.0. The molecule has 1 saturated carbocycles. The van der Waals surface area contributed by atoms with E-state index < -0.39 is 0 Å². The minimum Gasteiger partial charge on any atom is -0.342 e. The molecule has 1 aromatic heterocycles. The van der Waals surface area contributed by atoms with Crippen molar-refractivity contribution in [2.45, 2.75) is 25.8 Å². The minimum atomic E-state index is -0.272. The fourth-order valence-corrected chi connectivity index (χ4v) is 4.52. The number of urea groups is 1. The maximum atomic E-state index is 12.5. The van der Waals surface area contributed by atoms with Crippen LogP contribution in [0, 0.1) is 11.8 Å². The van der Waals surface area contributed by atoms with Gasteiger partial charge in [0.05, 0.1) is 0 Å². The molecule has 1 aliphatic heterocycles. The average molecular weight is 461 g/mol. The number of aromatic nitrogens is 3. The lowest BCUT2D eigenvalue weighted by Crippen LogP contribution is -2.31. The highest BCUT2D eigenvalue weighted by Crippen LogP contribution is 2.33. The van der Waals surface area contributed by atoms with Gasteiger partial charge >= 0.3 is 11.7 Å². The van der Waals surface area contributed by atoms with E-state index in [1.165, 1.54) is 0 Å². The first-order valence-electron chi connectivity index (χ1n) is 11.7. The Hall–Kier alpha value is -3.88. The van der Waals surface area contributed by atoms with Crippen molar-refractivity contribution in [1.82, 2.24) is 25.0 Å². The Morgan fingerprint density at radius 1 is 1.06 bits per heavy atom. The van der Waals surface area contributed by atoms with Crippen LogP contribution in [0.15, 0.2) is 53.3 Å². The third kappa shape index (κ3) is 4.59. The maximum absolute atomic E-state index is 12.5. The van der Waals surface area contributed by atoms with E-state index in [0.717, 1.165) is 42.5 Å². The van der Waals surface area contributed by atoms with Crippen LogP contribution in [0.5, 0.6) is 0 Å². The summed E-state index contributed by atoms with van der Waals surface area (Å²) < 4.78 is 1.68. The van der Waals surface area contributed by atoms with Crippen molar-refractivity contribution in [2.24, 2.45) is 11.8 Å². The molecule has 3 aromatic rings. The fourth-order valence-electron chi connectivity index (χ4n) is 4.52. The molecule has 3 amide bonds. The van der Waals surface area contributed by atoms with Gasteiger partial charge in [0.25, 0.3) is 0 Å². The van der Waals surface area contributed by atoms with Gasteiger partial charge in [0.15, 0.2) is 5.82 Å². The lowest BCUT2D eigenvalue weighted by Gasteiger charge is -2.16. The van der Waals surface area contributed by atoms with Crippen LogP contribution in [0.2, 0.25) is 0 Å². The van der Waals surface area contributed by atoms with Gasteiger partial charge in [-0.15, -0.1) is 0 Å². The summed E-state index contributed by atoms with van der Waals surface area (Å²) in [6.07, 6.45) is 2.92. The molecule has 2 aromatic carbocycles. The average Bonchev–Trinajstić information content (AvgIpc) is 3.50. The molecule has 2 fully saturated rings. The molecular weight excluding hydrogens is 432 g/mol. The second-order valence-electron chi connectivity index (χ2n) is 9.04. The number of rotatable bonds is 6. The Morgan fingerprint density at radius 2 is 1.82 bits per heavy atom. The summed E-state index contributed by atoms with van der Waals surface area (Å²) in [6, 6.07) is 15.2. The van der Waals surface area contributed by atoms with E-state index in [-0.39, 0.29) is 29.5 Å². The summed E-state index contributed by atoms with van der Waals surface area (Å²) >= 11 is 0. The van der Waals surface area contributed by atoms with Crippen molar-refractivity contribution in [1.29, 1.82) is 0 Å². The summed E-state index contributed by atoms with van der Waals surface area (Å²) in [4.78, 5) is 38.4. The molecule has 1 saturated heterocycles. The molecule has 2 aliphatic rings. The Morgan fingerprint density at radius 3 is 2.56 bits per heavy atom. The van der Waals surface area contributed by atoms with Gasteiger partial charge in [0.2, 0.25) is 5.91 Å². The molecule has 3 N–H and O–H groups in total. The molecule has 2 heterocycles. The standard InChI is InChI=1S/C25H28N6O3/c1-26-24(33)27-21-4-2-3-20(13-21)17-5-7-18(8-6-17)22-28-29-25(34)31(22)15-16-11-12-30(14-16)23(32)19-9-10-19/h2-8,13,16,19H,9-12,14-15H2,1H3,(H,29,34)(H2,26,27,33). The highest BCUT2D eigenvalue weighted by molar-refractivity contribution is 5.90. The number of anilines is 1. The molecule has 1 unspecified atom stereocenters. The Kier molecular flexibility index (Phi) is 5.91. The molecule has 0 radical (unpaired) electrons. The third-order valence-corrected chi connectivity index (χ3v) is 6.55. The SMILES string of the molecule is CNC(=O)Nc1cccc(-c2ccc(-c3n[nH]c(=O)n3CC3CCN(C(=O)C4CC4)C3)cc2)c1. The normalized spacial score (nSPS) is 17.6. The zero-order valence-corrected chi connectivity index (χ0v) is 19.1. The maximum Gasteiger partial charge on any atom is 0.343 e. The van der Waals surface area contributed by atoms with Crippen LogP contribution in [-0.2, 0) is 11.3 Å². The van der Waals surface area contributed by atoms with Crippen LogP contribution in [-0.4, -0.2) is 51.7 Å². The number of carbonyl (C=O) groups is 2. The van der Waals surface area contributed by atoms with Crippen molar-refractivity contribution in [3.63, 3.8) is 0 Å². The molecule has 0 bridgehead atoms. The molecule has 1 aliphatic carbocycles. The lowest BCUT2D eigenvalue weighted by molar-refractivity contribution is -0.131. The Balaban J connectivity index is 1.31. The molecule has 176 valence electrons. The number of aromatic amines is 1. The van der Waals surface area contributed by atoms with Gasteiger partial charge < -0.3 is 15.5 Å². The number of H-pyrrole nitrogens is 1. The quantitative estimate of drug-likeness (QED) is 0.525. The van der Waals surface area contributed by atoms with Crippen LogP contribution < -0.4 is 16.3 Å². The van der Waals surface area contributed by atoms with E-state index in [1.807, 2.05) is 53.4 Å². The number of hydrogen-bond acceptors (Lipinski definition) is 4. The molecule has 9 heteroatoms. The number of amides is 3. The Bertz CT molecular complexity index is 1260. The first-order valence-corrected chi connectivity index (χ1v) is 11.7. The predicted molar refractivity (Wildman–Crippen MR) is 129 cm³/mol. The van der Waals surface area contributed by atoms with Gasteiger partial charge in [-0.2, -0.15) is 5.10 Å². The van der Waals surface area contributed by atoms with Gasteiger partial charge in [-0.25, -0.2) is 14.7 Å². The van der Waals surface area contributed by atoms with Crippen LogP contribution in [0.3, 0.4) is 0 Å². The van der Waals surface area contributed by atoms with Gasteiger partial charge in [-0.05, 0) is 48.4 Å². The number of hydrogen-bond donors (Lipinski definition) is 3. The van der Waals surface area contributed by atoms with Crippen molar-refractivity contribution < 1.29 is 9.59 Å². The van der Waals surface area contributed by atoms with E-state index >= 15 is 0 Å². The zero-order chi connectivity index (χ0) is 23.7. The summed E-state index contributed by atoms with van der Waals surface area (Å²) in [5.41, 5.74) is 3.25. The third-order valence-electron chi connectivity index (χ3n) is 6.55. The van der Waals surface area contributed by atoms with Crippen LogP contribution >= 0.6 is 0 Å². The Labute approximate surface area is 197 Å². The van der Waals surface area contributed by atoms with E-state index in [9.17, 15) is 14.4 Å². The fraction of sp³-hybridized carbons (Fsp3) is 0.360. The summed E-state index contributed by atoms with van der Waals surface area (Å²) in [7, 11) is 1.57. The van der Waals surface area contributed by atoms with Crippen LogP contribution in [0.25, 0.3) is 22.5 Å². The molecule has 5 rings (SSSR count). The number of carbonyl (C=O) groups excluding carboxylic acids is 2. The van der Waals surface area contributed by atoms with Crippen molar-refractivity contribution in [3.05, 3.63) is 59.0 Å². The highest BCUT2D eigenvalue weighted by atomic mass is 16.2. The number of nitrogens with one attached hydrogen (secondary N) is 3. The first-order chi connectivity index (χ1) is 16.5. The largest absolute Gasteiger partial charge is 0.343 e. The van der Waals surface area contributed by atoms with E-state index in [0.29, 0.717) is 24.6 Å². The number of benzene rings is 2. The van der Waals surface area contributed by atoms with Crippen LogP contribution in [0.4, 0.5) is 10.5 Å². The van der Waals surface area contributed by atoms with Crippen molar-refractivity contribution in [2.75, 3.05) is 25.5 Å². The molecule has 0 spiro atoms. The number of likely N-dealkylation sites (tertiary alicyclic amines) is 1. The van der Waals surface area contributed by atoms with Gasteiger partial charge in [0, 0.05) is 43.9 Å². The van der Waals surface area contributed by atoms with Crippen molar-refractivity contribution >= 4 is 17.6 Å². The number of nitrogens with zero attached hydrogens (tertiary/aromatic N) is 3. The zero-order valence-electron chi connectivity index (χ0n) is 19.1. The molecular formula is C25H28N6O3. The minimum absolute atomic E-state index is 0.227. The summed E-state index contributed by atoms with van der Waals surface area (Å²) in [5.74, 6) is 1.34. The van der Waals surface area contributed by atoms with Crippen LogP contribution in [0.1, 0.15) is 19.3 Å².